The Kier molecular flexibility index (Phi) is 4.67. The molecule has 22 heavy (non-hydrogen) atoms. The van der Waals surface area contributed by atoms with Crippen molar-refractivity contribution in [2.75, 3.05) is 12.4 Å². The van der Waals surface area contributed by atoms with Crippen molar-refractivity contribution < 1.29 is 14.3 Å². The third kappa shape index (κ3) is 2.84. The zero-order valence-electron chi connectivity index (χ0n) is 12.4. The molecule has 1 heterocycles. The largest absolute Gasteiger partial charge is 0.445 e. The lowest BCUT2D eigenvalue weighted by Gasteiger charge is -2.42. The molecular formula is C17H20ClNO3. The Bertz CT molecular complexity index is 548. The summed E-state index contributed by atoms with van der Waals surface area (Å²) in [5.74, 6) is 0.827. The first kappa shape index (κ1) is 15.3. The van der Waals surface area contributed by atoms with Gasteiger partial charge in [0.05, 0.1) is 6.04 Å². The average molecular weight is 322 g/mol. The molecule has 1 saturated carbocycles. The number of hydrogen-bond donors (Lipinski definition) is 0. The highest BCUT2D eigenvalue weighted by molar-refractivity contribution is 6.17. The minimum Gasteiger partial charge on any atom is -0.445 e. The van der Waals surface area contributed by atoms with E-state index in [-0.39, 0.29) is 30.6 Å². The van der Waals surface area contributed by atoms with Gasteiger partial charge < -0.3 is 9.64 Å². The van der Waals surface area contributed by atoms with Crippen molar-refractivity contribution in [2.45, 2.75) is 31.9 Å². The summed E-state index contributed by atoms with van der Waals surface area (Å²) >= 11 is 5.72. The van der Waals surface area contributed by atoms with Crippen molar-refractivity contribution in [3.8, 4) is 0 Å². The number of fused-ring (bicyclic) bond motifs is 1. The normalized spacial score (nSPS) is 26.5. The Hall–Kier alpha value is -1.55. The van der Waals surface area contributed by atoms with Crippen molar-refractivity contribution in [3.05, 3.63) is 35.9 Å². The third-order valence-corrected chi connectivity index (χ3v) is 4.95. The maximum absolute atomic E-state index is 12.3. The molecule has 5 heteroatoms. The Labute approximate surface area is 135 Å². The Morgan fingerprint density at radius 2 is 2.09 bits per heavy atom. The van der Waals surface area contributed by atoms with Crippen LogP contribution in [0.2, 0.25) is 0 Å². The molecule has 118 valence electrons. The first-order chi connectivity index (χ1) is 10.7. The van der Waals surface area contributed by atoms with Crippen LogP contribution in [0.1, 0.15) is 24.8 Å². The van der Waals surface area contributed by atoms with E-state index in [0.29, 0.717) is 18.2 Å². The van der Waals surface area contributed by atoms with Crippen molar-refractivity contribution in [1.29, 1.82) is 0 Å². The molecule has 1 aromatic rings. The van der Waals surface area contributed by atoms with E-state index < -0.39 is 0 Å². The number of likely N-dealkylation sites (tertiary alicyclic amines) is 1. The Balaban J connectivity index is 1.57. The molecule has 1 aliphatic carbocycles. The van der Waals surface area contributed by atoms with E-state index in [1.54, 1.807) is 4.90 Å². The van der Waals surface area contributed by atoms with E-state index in [2.05, 4.69) is 0 Å². The maximum atomic E-state index is 12.3. The number of ether oxygens (including phenoxy) is 1. The number of ketones is 1. The van der Waals surface area contributed by atoms with E-state index in [4.69, 9.17) is 16.3 Å². The predicted molar refractivity (Wildman–Crippen MR) is 83.7 cm³/mol. The summed E-state index contributed by atoms with van der Waals surface area (Å²) in [6.07, 6.45) is 2.04. The number of carbonyl (C=O) groups is 2. The highest BCUT2D eigenvalue weighted by Crippen LogP contribution is 2.44. The summed E-state index contributed by atoms with van der Waals surface area (Å²) in [6, 6.07) is 9.65. The molecule has 1 aromatic carbocycles. The molecule has 3 rings (SSSR count). The SMILES string of the molecule is O=C1[C@H](CCCCl)[C@@H]2[C@H]1CCN2C(=O)OCc1ccccc1. The van der Waals surface area contributed by atoms with E-state index in [1.807, 2.05) is 30.3 Å². The summed E-state index contributed by atoms with van der Waals surface area (Å²) in [4.78, 5) is 26.1. The molecule has 0 unspecified atom stereocenters. The summed E-state index contributed by atoms with van der Waals surface area (Å²) in [7, 11) is 0. The van der Waals surface area contributed by atoms with Gasteiger partial charge in [-0.25, -0.2) is 4.79 Å². The van der Waals surface area contributed by atoms with Crippen molar-refractivity contribution in [2.24, 2.45) is 11.8 Å². The van der Waals surface area contributed by atoms with Crippen LogP contribution in [0.15, 0.2) is 30.3 Å². The van der Waals surface area contributed by atoms with Crippen molar-refractivity contribution in [3.63, 3.8) is 0 Å². The molecule has 1 aliphatic heterocycles. The van der Waals surface area contributed by atoms with Gasteiger partial charge in [0.1, 0.15) is 12.4 Å². The van der Waals surface area contributed by atoms with E-state index in [0.717, 1.165) is 24.8 Å². The number of amides is 1. The number of Topliss-reactive ketones (excluding diaryl/α,β-unsaturated/α-hetero) is 1. The molecular weight excluding hydrogens is 302 g/mol. The molecule has 1 saturated heterocycles. The lowest BCUT2D eigenvalue weighted by molar-refractivity contribution is -0.140. The second-order valence-corrected chi connectivity index (χ2v) is 6.34. The van der Waals surface area contributed by atoms with Gasteiger partial charge in [-0.15, -0.1) is 11.6 Å². The predicted octanol–water partition coefficient (Wildman–Crippen LogP) is 3.23. The van der Waals surface area contributed by atoms with Crippen LogP contribution in [-0.4, -0.2) is 35.2 Å². The summed E-state index contributed by atoms with van der Waals surface area (Å²) in [5, 5.41) is 0. The first-order valence-corrected chi connectivity index (χ1v) is 8.33. The highest BCUT2D eigenvalue weighted by Gasteiger charge is 2.56. The molecule has 0 radical (unpaired) electrons. The minimum absolute atomic E-state index is 0.0181. The number of hydrogen-bond acceptors (Lipinski definition) is 3. The lowest BCUT2D eigenvalue weighted by atomic mass is 9.67. The summed E-state index contributed by atoms with van der Waals surface area (Å²) in [6.45, 7) is 0.889. The monoisotopic (exact) mass is 321 g/mol. The summed E-state index contributed by atoms with van der Waals surface area (Å²) < 4.78 is 5.40. The Morgan fingerprint density at radius 3 is 2.82 bits per heavy atom. The summed E-state index contributed by atoms with van der Waals surface area (Å²) in [5.41, 5.74) is 0.968. The quantitative estimate of drug-likeness (QED) is 0.782. The molecule has 2 aliphatic rings. The topological polar surface area (TPSA) is 46.6 Å². The standard InChI is InChI=1S/C17H20ClNO3/c18-9-4-7-13-15-14(16(13)20)8-10-19(15)17(21)22-11-12-5-2-1-3-6-12/h1-3,5-6,13-15H,4,7-11H2/t13-,14-,15-/m1/s1. The van der Waals surface area contributed by atoms with Crippen LogP contribution in [0.5, 0.6) is 0 Å². The smallest absolute Gasteiger partial charge is 0.410 e. The number of rotatable bonds is 5. The lowest BCUT2D eigenvalue weighted by Crippen LogP contribution is -2.56. The van der Waals surface area contributed by atoms with E-state index in [1.165, 1.54) is 0 Å². The first-order valence-electron chi connectivity index (χ1n) is 7.79. The van der Waals surface area contributed by atoms with Crippen LogP contribution < -0.4 is 0 Å². The maximum Gasteiger partial charge on any atom is 0.410 e. The fourth-order valence-corrected chi connectivity index (χ4v) is 3.73. The molecule has 0 aromatic heterocycles. The van der Waals surface area contributed by atoms with Crippen LogP contribution in [0.4, 0.5) is 4.79 Å². The van der Waals surface area contributed by atoms with Crippen LogP contribution in [0, 0.1) is 11.8 Å². The molecule has 1 amide bonds. The minimum atomic E-state index is -0.306. The van der Waals surface area contributed by atoms with E-state index >= 15 is 0 Å². The van der Waals surface area contributed by atoms with Gasteiger partial charge in [0, 0.05) is 24.3 Å². The van der Waals surface area contributed by atoms with Gasteiger partial charge in [0.2, 0.25) is 0 Å². The van der Waals surface area contributed by atoms with Gasteiger partial charge >= 0.3 is 6.09 Å². The number of benzene rings is 1. The molecule has 0 bridgehead atoms. The average Bonchev–Trinajstić information content (AvgIpc) is 2.94. The van der Waals surface area contributed by atoms with E-state index in [9.17, 15) is 9.59 Å². The molecule has 4 nitrogen and oxygen atoms in total. The van der Waals surface area contributed by atoms with Crippen LogP contribution in [0.3, 0.4) is 0 Å². The van der Waals surface area contributed by atoms with Gasteiger partial charge in [-0.2, -0.15) is 0 Å². The molecule has 3 atom stereocenters. The van der Waals surface area contributed by atoms with Crippen LogP contribution >= 0.6 is 11.6 Å². The number of halogens is 1. The fourth-order valence-electron chi connectivity index (χ4n) is 3.57. The van der Waals surface area contributed by atoms with Gasteiger partial charge in [-0.05, 0) is 24.8 Å². The van der Waals surface area contributed by atoms with Crippen molar-refractivity contribution in [1.82, 2.24) is 4.90 Å². The zero-order valence-corrected chi connectivity index (χ0v) is 13.2. The van der Waals surface area contributed by atoms with Crippen molar-refractivity contribution >= 4 is 23.5 Å². The van der Waals surface area contributed by atoms with Gasteiger partial charge in [0.15, 0.2) is 0 Å². The third-order valence-electron chi connectivity index (χ3n) is 4.68. The second kappa shape index (κ2) is 6.69. The fraction of sp³-hybridized carbons (Fsp3) is 0.529. The second-order valence-electron chi connectivity index (χ2n) is 5.96. The van der Waals surface area contributed by atoms with Gasteiger partial charge in [-0.3, -0.25) is 4.79 Å². The Morgan fingerprint density at radius 1 is 1.32 bits per heavy atom. The number of carbonyl (C=O) groups excluding carboxylic acids is 2. The number of alkyl halides is 1. The zero-order chi connectivity index (χ0) is 15.5. The van der Waals surface area contributed by atoms with Gasteiger partial charge in [0.25, 0.3) is 0 Å². The molecule has 0 N–H and O–H groups in total. The molecule has 2 fully saturated rings. The number of nitrogens with zero attached hydrogens (tertiary/aromatic N) is 1. The van der Waals surface area contributed by atoms with Crippen LogP contribution in [-0.2, 0) is 16.1 Å². The molecule has 0 spiro atoms. The van der Waals surface area contributed by atoms with Crippen LogP contribution in [0.25, 0.3) is 0 Å². The highest BCUT2D eigenvalue weighted by atomic mass is 35.5. The van der Waals surface area contributed by atoms with Gasteiger partial charge in [-0.1, -0.05) is 30.3 Å².